The SMILES string of the molecule is CCc1ccc(-c2nn(Cc3ccccc3)cc2/C=C/C(=O)O[C@@H](C)C(N)=O)cc1. The van der Waals surface area contributed by atoms with Crippen LogP contribution in [0, 0.1) is 0 Å². The van der Waals surface area contributed by atoms with Crippen LogP contribution < -0.4 is 5.73 Å². The number of hydrogen-bond donors (Lipinski definition) is 1. The molecule has 0 aliphatic heterocycles. The van der Waals surface area contributed by atoms with Gasteiger partial charge in [-0.15, -0.1) is 0 Å². The standard InChI is InChI=1S/C24H25N3O3/c1-3-18-9-11-20(12-10-18)23-21(13-14-22(28)30-17(2)24(25)29)16-27(26-23)15-19-7-5-4-6-8-19/h4-14,16-17H,3,15H2,1-2H3,(H2,25,29)/b14-13+/t17-/m0/s1. The summed E-state index contributed by atoms with van der Waals surface area (Å²) in [5.41, 5.74) is 10.00. The molecule has 3 rings (SSSR count). The van der Waals surface area contributed by atoms with E-state index >= 15 is 0 Å². The Bertz CT molecular complexity index is 1040. The van der Waals surface area contributed by atoms with Crippen LogP contribution in [-0.4, -0.2) is 27.8 Å². The van der Waals surface area contributed by atoms with Gasteiger partial charge >= 0.3 is 5.97 Å². The molecule has 0 fully saturated rings. The van der Waals surface area contributed by atoms with Gasteiger partial charge in [-0.1, -0.05) is 61.5 Å². The normalized spacial score (nSPS) is 12.1. The Morgan fingerprint density at radius 3 is 2.43 bits per heavy atom. The number of nitrogens with zero attached hydrogens (tertiary/aromatic N) is 2. The second-order valence-electron chi connectivity index (χ2n) is 6.98. The topological polar surface area (TPSA) is 87.2 Å². The lowest BCUT2D eigenvalue weighted by Crippen LogP contribution is -2.29. The van der Waals surface area contributed by atoms with Crippen LogP contribution in [0.25, 0.3) is 17.3 Å². The van der Waals surface area contributed by atoms with Crippen LogP contribution in [-0.2, 0) is 27.3 Å². The molecule has 0 spiro atoms. The van der Waals surface area contributed by atoms with Crippen LogP contribution in [0.3, 0.4) is 0 Å². The van der Waals surface area contributed by atoms with Crippen LogP contribution in [0.5, 0.6) is 0 Å². The van der Waals surface area contributed by atoms with Crippen molar-refractivity contribution in [3.8, 4) is 11.3 Å². The van der Waals surface area contributed by atoms with Gasteiger partial charge in [0.25, 0.3) is 5.91 Å². The molecule has 3 aromatic rings. The predicted octanol–water partition coefficient (Wildman–Crippen LogP) is 3.59. The van der Waals surface area contributed by atoms with E-state index < -0.39 is 18.0 Å². The molecule has 2 N–H and O–H groups in total. The number of hydrogen-bond acceptors (Lipinski definition) is 4. The Labute approximate surface area is 176 Å². The van der Waals surface area contributed by atoms with Crippen LogP contribution in [0.4, 0.5) is 0 Å². The average molecular weight is 403 g/mol. The molecule has 6 nitrogen and oxygen atoms in total. The zero-order chi connectivity index (χ0) is 21.5. The number of primary amides is 1. The Morgan fingerprint density at radius 2 is 1.80 bits per heavy atom. The second kappa shape index (κ2) is 9.69. The fourth-order valence-electron chi connectivity index (χ4n) is 2.96. The van der Waals surface area contributed by atoms with Crippen molar-refractivity contribution < 1.29 is 14.3 Å². The fourth-order valence-corrected chi connectivity index (χ4v) is 2.96. The van der Waals surface area contributed by atoms with Crippen LogP contribution in [0.1, 0.15) is 30.5 Å². The smallest absolute Gasteiger partial charge is 0.331 e. The van der Waals surface area contributed by atoms with Gasteiger partial charge in [0.15, 0.2) is 6.10 Å². The van der Waals surface area contributed by atoms with Crippen molar-refractivity contribution in [1.82, 2.24) is 9.78 Å². The summed E-state index contributed by atoms with van der Waals surface area (Å²) in [6.07, 6.45) is 4.79. The molecule has 0 radical (unpaired) electrons. The quantitative estimate of drug-likeness (QED) is 0.460. The van der Waals surface area contributed by atoms with Crippen molar-refractivity contribution in [2.45, 2.75) is 32.9 Å². The maximum Gasteiger partial charge on any atom is 0.331 e. The number of esters is 1. The van der Waals surface area contributed by atoms with E-state index in [1.807, 2.05) is 53.3 Å². The number of aromatic nitrogens is 2. The van der Waals surface area contributed by atoms with Crippen molar-refractivity contribution in [3.05, 3.63) is 83.6 Å². The third-order valence-electron chi connectivity index (χ3n) is 4.71. The highest BCUT2D eigenvalue weighted by molar-refractivity contribution is 5.91. The highest BCUT2D eigenvalue weighted by atomic mass is 16.5. The van der Waals surface area contributed by atoms with E-state index in [0.717, 1.165) is 28.8 Å². The second-order valence-corrected chi connectivity index (χ2v) is 6.98. The van der Waals surface area contributed by atoms with E-state index in [1.54, 1.807) is 6.08 Å². The predicted molar refractivity (Wildman–Crippen MR) is 116 cm³/mol. The summed E-state index contributed by atoms with van der Waals surface area (Å²) in [4.78, 5) is 23.1. The summed E-state index contributed by atoms with van der Waals surface area (Å²) in [6, 6.07) is 18.2. The molecule has 1 heterocycles. The zero-order valence-electron chi connectivity index (χ0n) is 17.1. The zero-order valence-corrected chi connectivity index (χ0v) is 17.1. The minimum absolute atomic E-state index is 0.609. The van der Waals surface area contributed by atoms with Crippen LogP contribution in [0.15, 0.2) is 66.9 Å². The third-order valence-corrected chi connectivity index (χ3v) is 4.71. The minimum atomic E-state index is -0.982. The first-order valence-electron chi connectivity index (χ1n) is 9.85. The molecule has 0 saturated heterocycles. The van der Waals surface area contributed by atoms with Gasteiger partial charge < -0.3 is 10.5 Å². The molecule has 1 atom stereocenters. The Balaban J connectivity index is 1.89. The van der Waals surface area contributed by atoms with Gasteiger partial charge in [0, 0.05) is 23.4 Å². The van der Waals surface area contributed by atoms with Gasteiger partial charge in [0.1, 0.15) is 0 Å². The highest BCUT2D eigenvalue weighted by Gasteiger charge is 2.14. The van der Waals surface area contributed by atoms with E-state index in [-0.39, 0.29) is 0 Å². The first kappa shape index (κ1) is 21.0. The fraction of sp³-hybridized carbons (Fsp3) is 0.208. The molecular weight excluding hydrogens is 378 g/mol. The molecule has 6 heteroatoms. The van der Waals surface area contributed by atoms with Crippen molar-refractivity contribution in [2.24, 2.45) is 5.73 Å². The maximum absolute atomic E-state index is 12.0. The first-order valence-corrected chi connectivity index (χ1v) is 9.85. The molecule has 0 unspecified atom stereocenters. The number of benzene rings is 2. The van der Waals surface area contributed by atoms with Gasteiger partial charge in [-0.25, -0.2) is 4.79 Å². The molecular formula is C24H25N3O3. The van der Waals surface area contributed by atoms with Gasteiger partial charge in [-0.3, -0.25) is 9.48 Å². The average Bonchev–Trinajstić information content (AvgIpc) is 3.15. The molecule has 2 aromatic carbocycles. The number of aryl methyl sites for hydroxylation is 1. The highest BCUT2D eigenvalue weighted by Crippen LogP contribution is 2.24. The molecule has 30 heavy (non-hydrogen) atoms. The molecule has 154 valence electrons. The van der Waals surface area contributed by atoms with E-state index in [9.17, 15) is 9.59 Å². The maximum atomic E-state index is 12.0. The van der Waals surface area contributed by atoms with Crippen LogP contribution >= 0.6 is 0 Å². The number of nitrogens with two attached hydrogens (primary N) is 1. The first-order chi connectivity index (χ1) is 14.5. The Morgan fingerprint density at radius 1 is 1.10 bits per heavy atom. The molecule has 1 aromatic heterocycles. The largest absolute Gasteiger partial charge is 0.449 e. The summed E-state index contributed by atoms with van der Waals surface area (Å²) >= 11 is 0. The molecule has 0 bridgehead atoms. The van der Waals surface area contributed by atoms with Crippen molar-refractivity contribution >= 4 is 18.0 Å². The summed E-state index contributed by atoms with van der Waals surface area (Å²) in [5, 5.41) is 4.74. The van der Waals surface area contributed by atoms with Gasteiger partial charge in [-0.2, -0.15) is 5.10 Å². The monoisotopic (exact) mass is 403 g/mol. The van der Waals surface area contributed by atoms with E-state index in [2.05, 4.69) is 19.1 Å². The van der Waals surface area contributed by atoms with Gasteiger partial charge in [-0.05, 0) is 30.5 Å². The van der Waals surface area contributed by atoms with Gasteiger partial charge in [0.2, 0.25) is 0 Å². The van der Waals surface area contributed by atoms with Crippen molar-refractivity contribution in [3.63, 3.8) is 0 Å². The lowest BCUT2D eigenvalue weighted by atomic mass is 10.0. The summed E-state index contributed by atoms with van der Waals surface area (Å²) in [7, 11) is 0. The van der Waals surface area contributed by atoms with Crippen molar-refractivity contribution in [2.75, 3.05) is 0 Å². The van der Waals surface area contributed by atoms with E-state index in [1.165, 1.54) is 18.6 Å². The van der Waals surface area contributed by atoms with Gasteiger partial charge in [0.05, 0.1) is 12.2 Å². The minimum Gasteiger partial charge on any atom is -0.449 e. The molecule has 0 aliphatic rings. The number of rotatable bonds is 8. The summed E-state index contributed by atoms with van der Waals surface area (Å²) < 4.78 is 6.83. The molecule has 0 saturated carbocycles. The number of amides is 1. The number of ether oxygens (including phenoxy) is 1. The lowest BCUT2D eigenvalue weighted by molar-refractivity contribution is -0.148. The molecule has 0 aliphatic carbocycles. The molecule has 1 amide bonds. The number of carbonyl (C=O) groups is 2. The third kappa shape index (κ3) is 5.44. The number of carbonyl (C=O) groups excluding carboxylic acids is 2. The lowest BCUT2D eigenvalue weighted by Gasteiger charge is -2.06. The van der Waals surface area contributed by atoms with E-state index in [0.29, 0.717) is 6.54 Å². The Hall–Kier alpha value is -3.67. The summed E-state index contributed by atoms with van der Waals surface area (Å²) in [6.45, 7) is 4.15. The Kier molecular flexibility index (Phi) is 6.80. The summed E-state index contributed by atoms with van der Waals surface area (Å²) in [5.74, 6) is -1.33. The van der Waals surface area contributed by atoms with Crippen molar-refractivity contribution in [1.29, 1.82) is 0 Å². The van der Waals surface area contributed by atoms with E-state index in [4.69, 9.17) is 15.6 Å². The van der Waals surface area contributed by atoms with Crippen LogP contribution in [0.2, 0.25) is 0 Å².